The molecule has 0 aliphatic rings. The fraction of sp³-hybridized carbons (Fsp3) is 0.0833. The first-order valence-electron chi connectivity index (χ1n) is 9.38. The summed E-state index contributed by atoms with van der Waals surface area (Å²) in [6.45, 7) is 1.89. The molecule has 0 atom stereocenters. The lowest BCUT2D eigenvalue weighted by Gasteiger charge is -2.08. The lowest BCUT2D eigenvalue weighted by molar-refractivity contribution is 0.595. The second-order valence-corrected chi connectivity index (χ2v) is 11.2. The zero-order valence-electron chi connectivity index (χ0n) is 16.3. The number of aryl methyl sites for hydroxylation is 1. The Morgan fingerprint density at radius 1 is 0.600 bits per heavy atom. The van der Waals surface area contributed by atoms with Crippen molar-refractivity contribution >= 4 is 30.4 Å². The number of hydrogen-bond donors (Lipinski definition) is 0. The van der Waals surface area contributed by atoms with Gasteiger partial charge in [0.05, 0.1) is 20.4 Å². The van der Waals surface area contributed by atoms with Gasteiger partial charge in [-0.2, -0.15) is 0 Å². The first-order valence-corrected chi connectivity index (χ1v) is 12.5. The second kappa shape index (κ2) is 7.70. The van der Waals surface area contributed by atoms with Gasteiger partial charge in [-0.05, 0) is 59.7 Å². The highest BCUT2D eigenvalue weighted by Crippen LogP contribution is 2.26. The summed E-state index contributed by atoms with van der Waals surface area (Å²) in [6.07, 6.45) is 0. The summed E-state index contributed by atoms with van der Waals surface area (Å²) in [5.41, 5.74) is 1.52. The molecule has 30 heavy (non-hydrogen) atoms. The van der Waals surface area contributed by atoms with Crippen LogP contribution >= 0.6 is 0 Å². The molecule has 0 amide bonds. The Morgan fingerprint density at radius 3 is 1.83 bits per heavy atom. The van der Waals surface area contributed by atoms with Crippen LogP contribution in [-0.4, -0.2) is 16.8 Å². The van der Waals surface area contributed by atoms with Gasteiger partial charge in [0, 0.05) is 0 Å². The van der Waals surface area contributed by atoms with Gasteiger partial charge in [0.25, 0.3) is 0 Å². The average Bonchev–Trinajstić information content (AvgIpc) is 2.74. The molecule has 4 aromatic rings. The van der Waals surface area contributed by atoms with Crippen LogP contribution in [0.25, 0.3) is 10.8 Å². The highest BCUT2D eigenvalue weighted by Gasteiger charge is 2.19. The van der Waals surface area contributed by atoms with Crippen molar-refractivity contribution in [2.75, 3.05) is 0 Å². The van der Waals surface area contributed by atoms with E-state index in [-0.39, 0.29) is 20.4 Å². The first-order chi connectivity index (χ1) is 14.3. The van der Waals surface area contributed by atoms with Gasteiger partial charge >= 0.3 is 0 Å². The quantitative estimate of drug-likeness (QED) is 0.444. The van der Waals surface area contributed by atoms with Crippen molar-refractivity contribution in [1.82, 2.24) is 0 Å². The van der Waals surface area contributed by atoms with Crippen LogP contribution in [0.2, 0.25) is 0 Å². The number of sulfone groups is 2. The molecule has 4 rings (SSSR count). The van der Waals surface area contributed by atoms with E-state index in [4.69, 9.17) is 0 Å². The van der Waals surface area contributed by atoms with Gasteiger partial charge in [0.15, 0.2) is 9.84 Å². The molecule has 6 heteroatoms. The maximum Gasteiger partial charge on any atom is 0.206 e. The number of fused-ring (bicyclic) bond motifs is 1. The molecule has 152 valence electrons. The van der Waals surface area contributed by atoms with Crippen molar-refractivity contribution in [3.63, 3.8) is 0 Å². The molecule has 0 aromatic heterocycles. The molecule has 0 saturated heterocycles. The van der Waals surface area contributed by atoms with Gasteiger partial charge in [-0.1, -0.05) is 60.2 Å². The van der Waals surface area contributed by atoms with E-state index < -0.39 is 19.7 Å². The Balaban J connectivity index is 1.61. The molecule has 0 heterocycles. The monoisotopic (exact) mass is 436 g/mol. The molecule has 0 aliphatic carbocycles. The molecule has 4 aromatic carbocycles. The topological polar surface area (TPSA) is 68.3 Å². The van der Waals surface area contributed by atoms with Crippen LogP contribution in [-0.2, 0) is 25.4 Å². The Labute approximate surface area is 176 Å². The molecule has 0 saturated carbocycles. The fourth-order valence-electron chi connectivity index (χ4n) is 3.28. The van der Waals surface area contributed by atoms with E-state index in [0.29, 0.717) is 5.56 Å². The standard InChI is InChI=1S/C24H20O4S2/c1-18-6-11-22(12-7-18)29(25,26)17-19-8-13-23(14-9-19)30(27,28)24-15-10-20-4-2-3-5-21(20)16-24/h2-16H,17H2,1H3. The Morgan fingerprint density at radius 2 is 1.17 bits per heavy atom. The Bertz CT molecular complexity index is 1420. The number of rotatable bonds is 5. The third-order valence-electron chi connectivity index (χ3n) is 5.00. The van der Waals surface area contributed by atoms with Crippen LogP contribution < -0.4 is 0 Å². The van der Waals surface area contributed by atoms with Gasteiger partial charge in [0.1, 0.15) is 0 Å². The summed E-state index contributed by atoms with van der Waals surface area (Å²) in [7, 11) is -7.20. The molecule has 0 fully saturated rings. The Hall–Kier alpha value is -2.96. The molecule has 0 aliphatic heterocycles. The molecule has 4 nitrogen and oxygen atoms in total. The van der Waals surface area contributed by atoms with E-state index in [9.17, 15) is 16.8 Å². The number of benzene rings is 4. The second-order valence-electron chi connectivity index (χ2n) is 7.23. The smallest absolute Gasteiger partial charge is 0.206 e. The van der Waals surface area contributed by atoms with E-state index in [2.05, 4.69) is 0 Å². The molecular formula is C24H20O4S2. The fourth-order valence-corrected chi connectivity index (χ4v) is 5.93. The van der Waals surface area contributed by atoms with Crippen molar-refractivity contribution in [2.45, 2.75) is 27.4 Å². The summed E-state index contributed by atoms with van der Waals surface area (Å²) >= 11 is 0. The minimum absolute atomic E-state index is 0.134. The minimum atomic E-state index is -3.70. The van der Waals surface area contributed by atoms with Gasteiger partial charge < -0.3 is 0 Å². The molecule has 0 N–H and O–H groups in total. The van der Waals surface area contributed by atoms with E-state index in [1.165, 1.54) is 12.1 Å². The third-order valence-corrected chi connectivity index (χ3v) is 8.47. The highest BCUT2D eigenvalue weighted by molar-refractivity contribution is 7.91. The first kappa shape index (κ1) is 20.3. The van der Waals surface area contributed by atoms with Crippen LogP contribution in [0.4, 0.5) is 0 Å². The van der Waals surface area contributed by atoms with Crippen LogP contribution in [0.3, 0.4) is 0 Å². The van der Waals surface area contributed by atoms with E-state index in [1.54, 1.807) is 54.6 Å². The van der Waals surface area contributed by atoms with Crippen molar-refractivity contribution < 1.29 is 16.8 Å². The highest BCUT2D eigenvalue weighted by atomic mass is 32.2. The molecule has 0 bridgehead atoms. The maximum atomic E-state index is 13.0. The van der Waals surface area contributed by atoms with Gasteiger partial charge in [-0.15, -0.1) is 0 Å². The summed E-state index contributed by atoms with van der Waals surface area (Å²) in [6, 6.07) is 25.3. The Kier molecular flexibility index (Phi) is 5.22. The SMILES string of the molecule is Cc1ccc(S(=O)(=O)Cc2ccc(S(=O)(=O)c3ccc4ccccc4c3)cc2)cc1. The van der Waals surface area contributed by atoms with Crippen LogP contribution in [0.1, 0.15) is 11.1 Å². The number of hydrogen-bond acceptors (Lipinski definition) is 4. The molecule has 0 spiro atoms. The maximum absolute atomic E-state index is 13.0. The lowest BCUT2D eigenvalue weighted by Crippen LogP contribution is -2.06. The molecule has 0 unspecified atom stereocenters. The molecular weight excluding hydrogens is 416 g/mol. The summed E-state index contributed by atoms with van der Waals surface area (Å²) in [5, 5.41) is 1.81. The molecule has 0 radical (unpaired) electrons. The summed E-state index contributed by atoms with van der Waals surface area (Å²) in [4.78, 5) is 0.594. The van der Waals surface area contributed by atoms with Crippen LogP contribution in [0, 0.1) is 6.92 Å². The van der Waals surface area contributed by atoms with Gasteiger partial charge in [0.2, 0.25) is 9.84 Å². The average molecular weight is 437 g/mol. The normalized spacial score (nSPS) is 12.2. The van der Waals surface area contributed by atoms with Crippen molar-refractivity contribution in [1.29, 1.82) is 0 Å². The van der Waals surface area contributed by atoms with Crippen molar-refractivity contribution in [3.8, 4) is 0 Å². The minimum Gasteiger partial charge on any atom is -0.223 e. The van der Waals surface area contributed by atoms with Crippen molar-refractivity contribution in [2.24, 2.45) is 0 Å². The zero-order valence-corrected chi connectivity index (χ0v) is 17.9. The van der Waals surface area contributed by atoms with Crippen molar-refractivity contribution in [3.05, 3.63) is 102 Å². The predicted molar refractivity (Wildman–Crippen MR) is 118 cm³/mol. The van der Waals surface area contributed by atoms with Gasteiger partial charge in [-0.25, -0.2) is 16.8 Å². The third kappa shape index (κ3) is 4.01. The summed E-state index contributed by atoms with van der Waals surface area (Å²) < 4.78 is 51.3. The van der Waals surface area contributed by atoms with Crippen LogP contribution in [0.15, 0.2) is 106 Å². The van der Waals surface area contributed by atoms with E-state index in [1.807, 2.05) is 31.2 Å². The predicted octanol–water partition coefficient (Wildman–Crippen LogP) is 4.95. The van der Waals surface area contributed by atoms with Crippen LogP contribution in [0.5, 0.6) is 0 Å². The lowest BCUT2D eigenvalue weighted by atomic mass is 10.1. The summed E-state index contributed by atoms with van der Waals surface area (Å²) in [5.74, 6) is -0.188. The largest absolute Gasteiger partial charge is 0.223 e. The van der Waals surface area contributed by atoms with E-state index >= 15 is 0 Å². The van der Waals surface area contributed by atoms with Gasteiger partial charge in [-0.3, -0.25) is 0 Å². The zero-order chi connectivity index (χ0) is 21.4. The van der Waals surface area contributed by atoms with E-state index in [0.717, 1.165) is 16.3 Å².